The maximum atomic E-state index is 12.9. The van der Waals surface area contributed by atoms with Gasteiger partial charge in [0.05, 0.1) is 0 Å². The molecule has 6 heteroatoms. The summed E-state index contributed by atoms with van der Waals surface area (Å²) in [6.45, 7) is 9.10. The molecule has 0 aliphatic heterocycles. The molecule has 0 aliphatic carbocycles. The molecular formula is C65H126O6. The summed E-state index contributed by atoms with van der Waals surface area (Å²) in [5.74, 6) is 0.0332. The van der Waals surface area contributed by atoms with Crippen LogP contribution in [0.4, 0.5) is 0 Å². The minimum absolute atomic E-state index is 0.0610. The van der Waals surface area contributed by atoms with E-state index >= 15 is 0 Å². The Balaban J connectivity index is 4.25. The van der Waals surface area contributed by atoms with Gasteiger partial charge in [-0.1, -0.05) is 336 Å². The van der Waals surface area contributed by atoms with E-state index in [0.717, 1.165) is 63.7 Å². The molecule has 0 fully saturated rings. The van der Waals surface area contributed by atoms with Crippen molar-refractivity contribution in [2.24, 2.45) is 5.92 Å². The molecular weight excluding hydrogens is 877 g/mol. The fraction of sp³-hybridized carbons (Fsp3) is 0.954. The second-order valence-electron chi connectivity index (χ2n) is 22.9. The van der Waals surface area contributed by atoms with E-state index in [1.54, 1.807) is 0 Å². The molecule has 0 aliphatic rings. The first-order valence-corrected chi connectivity index (χ1v) is 32.4. The molecule has 0 aromatic rings. The molecule has 0 rings (SSSR count). The minimum Gasteiger partial charge on any atom is -0.462 e. The van der Waals surface area contributed by atoms with E-state index in [1.165, 1.54) is 270 Å². The predicted molar refractivity (Wildman–Crippen MR) is 307 cm³/mol. The maximum Gasteiger partial charge on any atom is 0.306 e. The van der Waals surface area contributed by atoms with E-state index in [0.29, 0.717) is 19.3 Å². The lowest BCUT2D eigenvalue weighted by Gasteiger charge is -2.18. The highest BCUT2D eigenvalue weighted by atomic mass is 16.6. The second-order valence-corrected chi connectivity index (χ2v) is 22.9. The van der Waals surface area contributed by atoms with Crippen LogP contribution in [0.1, 0.15) is 374 Å². The van der Waals surface area contributed by atoms with Crippen molar-refractivity contribution in [3.05, 3.63) is 0 Å². The van der Waals surface area contributed by atoms with Gasteiger partial charge in [0.25, 0.3) is 0 Å². The van der Waals surface area contributed by atoms with E-state index < -0.39 is 6.10 Å². The van der Waals surface area contributed by atoms with Crippen LogP contribution in [-0.2, 0) is 28.6 Å². The number of hydrogen-bond donors (Lipinski definition) is 0. The topological polar surface area (TPSA) is 78.9 Å². The molecule has 0 unspecified atom stereocenters. The fourth-order valence-corrected chi connectivity index (χ4v) is 10.2. The third-order valence-electron chi connectivity index (χ3n) is 15.0. The monoisotopic (exact) mass is 1000 g/mol. The van der Waals surface area contributed by atoms with Crippen LogP contribution in [0.15, 0.2) is 0 Å². The smallest absolute Gasteiger partial charge is 0.306 e. The van der Waals surface area contributed by atoms with Gasteiger partial charge in [0.15, 0.2) is 6.10 Å². The van der Waals surface area contributed by atoms with E-state index in [-0.39, 0.29) is 31.1 Å². The Labute approximate surface area is 444 Å². The Bertz CT molecular complexity index is 1070. The number of carbonyl (C=O) groups is 3. The highest BCUT2D eigenvalue weighted by Gasteiger charge is 2.19. The van der Waals surface area contributed by atoms with Crippen LogP contribution < -0.4 is 0 Å². The number of esters is 3. The average Bonchev–Trinajstić information content (AvgIpc) is 3.36. The predicted octanol–water partition coefficient (Wildman–Crippen LogP) is 21.7. The molecule has 422 valence electrons. The third-order valence-corrected chi connectivity index (χ3v) is 15.0. The van der Waals surface area contributed by atoms with Gasteiger partial charge < -0.3 is 14.2 Å². The van der Waals surface area contributed by atoms with E-state index in [2.05, 4.69) is 27.7 Å². The van der Waals surface area contributed by atoms with Gasteiger partial charge >= 0.3 is 17.9 Å². The van der Waals surface area contributed by atoms with Crippen LogP contribution in [0.5, 0.6) is 0 Å². The van der Waals surface area contributed by atoms with Gasteiger partial charge in [-0.3, -0.25) is 14.4 Å². The van der Waals surface area contributed by atoms with Gasteiger partial charge in [-0.15, -0.1) is 0 Å². The zero-order chi connectivity index (χ0) is 51.6. The highest BCUT2D eigenvalue weighted by molar-refractivity contribution is 5.71. The van der Waals surface area contributed by atoms with Gasteiger partial charge in [-0.25, -0.2) is 0 Å². The first-order valence-electron chi connectivity index (χ1n) is 32.4. The quantitative estimate of drug-likeness (QED) is 0.0343. The second kappa shape index (κ2) is 59.3. The van der Waals surface area contributed by atoms with Crippen LogP contribution >= 0.6 is 0 Å². The van der Waals surface area contributed by atoms with Gasteiger partial charge in [0.1, 0.15) is 13.2 Å². The zero-order valence-electron chi connectivity index (χ0n) is 48.7. The summed E-state index contributed by atoms with van der Waals surface area (Å²) in [6.07, 6.45) is 66.8. The number of ether oxygens (including phenoxy) is 3. The fourth-order valence-electron chi connectivity index (χ4n) is 10.2. The van der Waals surface area contributed by atoms with Crippen molar-refractivity contribution in [3.63, 3.8) is 0 Å². The summed E-state index contributed by atoms with van der Waals surface area (Å²) >= 11 is 0. The van der Waals surface area contributed by atoms with Crippen LogP contribution in [0.2, 0.25) is 0 Å². The normalized spacial score (nSPS) is 12.0. The lowest BCUT2D eigenvalue weighted by Crippen LogP contribution is -2.30. The number of rotatable bonds is 60. The van der Waals surface area contributed by atoms with Crippen LogP contribution in [0.25, 0.3) is 0 Å². The molecule has 0 amide bonds. The van der Waals surface area contributed by atoms with Crippen molar-refractivity contribution in [2.45, 2.75) is 381 Å². The molecule has 6 nitrogen and oxygen atoms in total. The summed E-state index contributed by atoms with van der Waals surface area (Å²) < 4.78 is 17.0. The minimum atomic E-state index is -0.763. The summed E-state index contributed by atoms with van der Waals surface area (Å²) in [5.41, 5.74) is 0. The standard InChI is InChI=1S/C65H126O6/c1-5-7-9-11-13-15-17-19-21-24-29-32-36-40-44-48-52-56-63(66)69-59-62(71-65(68)58-54-50-46-42-38-34-27-20-18-16-14-12-10-8-6-2)60-70-64(67)57-53-49-45-41-37-33-30-26-23-22-25-28-31-35-39-43-47-51-55-61(3)4/h61-62H,5-60H2,1-4H3/t62-/m1/s1. The van der Waals surface area contributed by atoms with Crippen molar-refractivity contribution in [2.75, 3.05) is 13.2 Å². The molecule has 0 saturated heterocycles. The van der Waals surface area contributed by atoms with Crippen molar-refractivity contribution < 1.29 is 28.6 Å². The van der Waals surface area contributed by atoms with E-state index in [9.17, 15) is 14.4 Å². The van der Waals surface area contributed by atoms with E-state index in [4.69, 9.17) is 14.2 Å². The van der Waals surface area contributed by atoms with Crippen LogP contribution in [-0.4, -0.2) is 37.2 Å². The first-order chi connectivity index (χ1) is 34.9. The first kappa shape index (κ1) is 69.4. The summed E-state index contributed by atoms with van der Waals surface area (Å²) in [6, 6.07) is 0. The zero-order valence-corrected chi connectivity index (χ0v) is 48.7. The number of hydrogen-bond acceptors (Lipinski definition) is 6. The lowest BCUT2D eigenvalue weighted by molar-refractivity contribution is -0.167. The SMILES string of the molecule is CCCCCCCCCCCCCCCCCCCC(=O)OC[C@H](COC(=O)CCCCCCCCCCCCCCCCCCCCC(C)C)OC(=O)CCCCCCCCCCCCCCCCC. The molecule has 0 spiro atoms. The Morgan fingerprint density at radius 3 is 0.690 bits per heavy atom. The van der Waals surface area contributed by atoms with Gasteiger partial charge in [-0.05, 0) is 25.2 Å². The molecule has 0 aromatic carbocycles. The van der Waals surface area contributed by atoms with Gasteiger partial charge in [0, 0.05) is 19.3 Å². The lowest BCUT2D eigenvalue weighted by atomic mass is 10.0. The summed E-state index contributed by atoms with van der Waals surface area (Å²) in [5, 5.41) is 0. The van der Waals surface area contributed by atoms with Crippen molar-refractivity contribution in [1.82, 2.24) is 0 Å². The molecule has 1 atom stereocenters. The van der Waals surface area contributed by atoms with Crippen molar-refractivity contribution >= 4 is 17.9 Å². The largest absolute Gasteiger partial charge is 0.462 e. The summed E-state index contributed by atoms with van der Waals surface area (Å²) in [7, 11) is 0. The molecule has 0 heterocycles. The molecule has 0 aromatic heterocycles. The number of unbranched alkanes of at least 4 members (excludes halogenated alkanes) is 47. The third kappa shape index (κ3) is 59.2. The molecule has 71 heavy (non-hydrogen) atoms. The Hall–Kier alpha value is -1.59. The van der Waals surface area contributed by atoms with Gasteiger partial charge in [0.2, 0.25) is 0 Å². The van der Waals surface area contributed by atoms with Gasteiger partial charge in [-0.2, -0.15) is 0 Å². The van der Waals surface area contributed by atoms with Crippen LogP contribution in [0, 0.1) is 5.92 Å². The molecule has 0 saturated carbocycles. The Morgan fingerprint density at radius 2 is 0.465 bits per heavy atom. The van der Waals surface area contributed by atoms with Crippen LogP contribution in [0.3, 0.4) is 0 Å². The maximum absolute atomic E-state index is 12.9. The molecule has 0 radical (unpaired) electrons. The molecule has 0 N–H and O–H groups in total. The Morgan fingerprint density at radius 1 is 0.268 bits per heavy atom. The van der Waals surface area contributed by atoms with E-state index in [1.807, 2.05) is 0 Å². The van der Waals surface area contributed by atoms with Crippen molar-refractivity contribution in [1.29, 1.82) is 0 Å². The highest BCUT2D eigenvalue weighted by Crippen LogP contribution is 2.19. The summed E-state index contributed by atoms with van der Waals surface area (Å²) in [4.78, 5) is 38.3. The Kier molecular flexibility index (Phi) is 58.0. The number of carbonyl (C=O) groups excluding carboxylic acids is 3. The van der Waals surface area contributed by atoms with Crippen molar-refractivity contribution in [3.8, 4) is 0 Å². The molecule has 0 bridgehead atoms. The average molecular weight is 1000 g/mol.